The Hall–Kier alpha value is -2.23. The molecule has 0 aromatic carbocycles. The summed E-state index contributed by atoms with van der Waals surface area (Å²) in [4.78, 5) is 16.4. The van der Waals surface area contributed by atoms with Crippen LogP contribution in [-0.4, -0.2) is 22.6 Å². The fourth-order valence-corrected chi connectivity index (χ4v) is 2.39. The molecule has 2 aromatic heterocycles. The van der Waals surface area contributed by atoms with Gasteiger partial charge in [0.2, 0.25) is 0 Å². The van der Waals surface area contributed by atoms with Gasteiger partial charge in [-0.15, -0.1) is 11.3 Å². The predicted molar refractivity (Wildman–Crippen MR) is 78.3 cm³/mol. The van der Waals surface area contributed by atoms with Gasteiger partial charge in [0.1, 0.15) is 0 Å². The summed E-state index contributed by atoms with van der Waals surface area (Å²) >= 11 is 1.46. The lowest BCUT2D eigenvalue weighted by Crippen LogP contribution is -2.23. The van der Waals surface area contributed by atoms with Gasteiger partial charge < -0.3 is 10.4 Å². The lowest BCUT2D eigenvalue weighted by Gasteiger charge is -2.05. The summed E-state index contributed by atoms with van der Waals surface area (Å²) in [6.07, 6.45) is 2.78. The van der Waals surface area contributed by atoms with Gasteiger partial charge in [-0.25, -0.2) is 4.39 Å². The van der Waals surface area contributed by atoms with Crippen molar-refractivity contribution in [1.29, 1.82) is 0 Å². The maximum atomic E-state index is 13.4. The summed E-state index contributed by atoms with van der Waals surface area (Å²) in [5.41, 5.74) is 0.776. The number of carbonyl (C=O) groups is 1. The molecule has 21 heavy (non-hydrogen) atoms. The number of aliphatic hydroxyl groups excluding tert-OH is 1. The van der Waals surface area contributed by atoms with Crippen LogP contribution in [0.25, 0.3) is 0 Å². The third kappa shape index (κ3) is 4.12. The van der Waals surface area contributed by atoms with Crippen molar-refractivity contribution in [3.63, 3.8) is 0 Å². The minimum absolute atomic E-state index is 0.0184. The molecule has 1 amide bonds. The number of aliphatic hydroxyl groups is 1. The van der Waals surface area contributed by atoms with E-state index in [1.54, 1.807) is 0 Å². The highest BCUT2D eigenvalue weighted by molar-refractivity contribution is 7.10. The molecule has 0 aliphatic rings. The van der Waals surface area contributed by atoms with E-state index >= 15 is 0 Å². The van der Waals surface area contributed by atoms with Crippen LogP contribution in [0.1, 0.15) is 27.2 Å². The monoisotopic (exact) mass is 304 g/mol. The Morgan fingerprint density at radius 2 is 2.33 bits per heavy atom. The summed E-state index contributed by atoms with van der Waals surface area (Å²) in [6, 6.07) is 3.19. The second-order valence-corrected chi connectivity index (χ2v) is 5.07. The van der Waals surface area contributed by atoms with Gasteiger partial charge in [0.15, 0.2) is 5.82 Å². The minimum atomic E-state index is -0.649. The fraction of sp³-hybridized carbons (Fsp3) is 0.200. The van der Waals surface area contributed by atoms with Gasteiger partial charge in [0.05, 0.1) is 24.9 Å². The van der Waals surface area contributed by atoms with E-state index in [9.17, 15) is 9.18 Å². The summed E-state index contributed by atoms with van der Waals surface area (Å²) in [5, 5.41) is 13.2. The van der Waals surface area contributed by atoms with E-state index in [1.165, 1.54) is 23.6 Å². The molecule has 0 saturated heterocycles. The first-order valence-corrected chi connectivity index (χ1v) is 7.14. The SMILES string of the molecule is O=C(NCc1sccc1C#CCCO)c1ccncc1F. The fourth-order valence-electron chi connectivity index (χ4n) is 1.62. The van der Waals surface area contributed by atoms with Crippen molar-refractivity contribution in [2.75, 3.05) is 6.61 Å². The molecule has 108 valence electrons. The van der Waals surface area contributed by atoms with Crippen LogP contribution in [0, 0.1) is 17.7 Å². The van der Waals surface area contributed by atoms with Crippen molar-refractivity contribution in [1.82, 2.24) is 10.3 Å². The number of aromatic nitrogens is 1. The first kappa shape index (κ1) is 15.2. The predicted octanol–water partition coefficient (Wildman–Crippen LogP) is 1.95. The molecule has 0 aliphatic carbocycles. The van der Waals surface area contributed by atoms with Crippen molar-refractivity contribution in [2.45, 2.75) is 13.0 Å². The quantitative estimate of drug-likeness (QED) is 0.849. The van der Waals surface area contributed by atoms with Crippen LogP contribution in [0.5, 0.6) is 0 Å². The Kier molecular flexibility index (Phi) is 5.43. The third-order valence-electron chi connectivity index (χ3n) is 2.63. The Labute approximate surface area is 125 Å². The second kappa shape index (κ2) is 7.53. The van der Waals surface area contributed by atoms with Crippen molar-refractivity contribution < 1.29 is 14.3 Å². The van der Waals surface area contributed by atoms with Gasteiger partial charge in [0, 0.05) is 23.1 Å². The van der Waals surface area contributed by atoms with E-state index in [-0.39, 0.29) is 18.7 Å². The number of rotatable bonds is 4. The summed E-state index contributed by atoms with van der Waals surface area (Å²) in [7, 11) is 0. The molecule has 0 radical (unpaired) electrons. The van der Waals surface area contributed by atoms with Crippen molar-refractivity contribution >= 4 is 17.2 Å². The van der Waals surface area contributed by atoms with E-state index in [4.69, 9.17) is 5.11 Å². The highest BCUT2D eigenvalue weighted by atomic mass is 32.1. The van der Waals surface area contributed by atoms with Crippen molar-refractivity contribution in [3.05, 3.63) is 51.7 Å². The average molecular weight is 304 g/mol. The van der Waals surface area contributed by atoms with Crippen molar-refractivity contribution in [2.24, 2.45) is 0 Å². The molecule has 0 saturated carbocycles. The molecule has 6 heteroatoms. The third-order valence-corrected chi connectivity index (χ3v) is 3.55. The van der Waals surface area contributed by atoms with Crippen LogP contribution in [0.3, 0.4) is 0 Å². The molecule has 0 fully saturated rings. The van der Waals surface area contributed by atoms with Crippen LogP contribution < -0.4 is 5.32 Å². The zero-order valence-electron chi connectivity index (χ0n) is 11.1. The molecule has 0 aliphatic heterocycles. The second-order valence-electron chi connectivity index (χ2n) is 4.07. The summed E-state index contributed by atoms with van der Waals surface area (Å²) in [5.74, 6) is 4.63. The van der Waals surface area contributed by atoms with E-state index in [1.807, 2.05) is 11.4 Å². The molecule has 0 bridgehead atoms. The van der Waals surface area contributed by atoms with Crippen LogP contribution in [0.4, 0.5) is 4.39 Å². The van der Waals surface area contributed by atoms with Crippen molar-refractivity contribution in [3.8, 4) is 11.8 Å². The van der Waals surface area contributed by atoms with Gasteiger partial charge in [-0.3, -0.25) is 9.78 Å². The minimum Gasteiger partial charge on any atom is -0.395 e. The molecule has 0 spiro atoms. The lowest BCUT2D eigenvalue weighted by molar-refractivity contribution is 0.0947. The smallest absolute Gasteiger partial charge is 0.254 e. The maximum absolute atomic E-state index is 13.4. The van der Waals surface area contributed by atoms with E-state index in [0.29, 0.717) is 6.42 Å². The van der Waals surface area contributed by atoms with E-state index < -0.39 is 11.7 Å². The molecule has 0 atom stereocenters. The molecule has 2 aromatic rings. The van der Waals surface area contributed by atoms with Gasteiger partial charge in [-0.2, -0.15) is 0 Å². The lowest BCUT2D eigenvalue weighted by atomic mass is 10.2. The van der Waals surface area contributed by atoms with Gasteiger partial charge in [0.25, 0.3) is 5.91 Å². The largest absolute Gasteiger partial charge is 0.395 e. The molecular weight excluding hydrogens is 291 g/mol. The average Bonchev–Trinajstić information content (AvgIpc) is 2.93. The van der Waals surface area contributed by atoms with Crippen LogP contribution in [0.15, 0.2) is 29.9 Å². The number of nitrogens with one attached hydrogen (secondary N) is 1. The number of pyridine rings is 1. The molecule has 2 N–H and O–H groups in total. The zero-order chi connectivity index (χ0) is 15.1. The van der Waals surface area contributed by atoms with Gasteiger partial charge in [-0.05, 0) is 17.5 Å². The summed E-state index contributed by atoms with van der Waals surface area (Å²) in [6.45, 7) is 0.298. The van der Waals surface area contributed by atoms with Crippen LogP contribution >= 0.6 is 11.3 Å². The standard InChI is InChI=1S/C15H13FN2O2S/c16-13-9-17-6-4-12(13)15(20)18-10-14-11(5-8-21-14)3-1-2-7-19/h4-6,8-9,19H,2,7,10H2,(H,18,20). The number of halogens is 1. The summed E-state index contributed by atoms with van der Waals surface area (Å²) < 4.78 is 13.4. The first-order valence-electron chi connectivity index (χ1n) is 6.26. The topological polar surface area (TPSA) is 62.2 Å². The highest BCUT2D eigenvalue weighted by Crippen LogP contribution is 2.16. The normalized spacial score (nSPS) is 9.81. The van der Waals surface area contributed by atoms with E-state index in [0.717, 1.165) is 16.6 Å². The van der Waals surface area contributed by atoms with Crippen LogP contribution in [-0.2, 0) is 6.54 Å². The molecular formula is C15H13FN2O2S. The number of carbonyl (C=O) groups excluding carboxylic acids is 1. The Morgan fingerprint density at radius 3 is 3.10 bits per heavy atom. The molecule has 2 heterocycles. The van der Waals surface area contributed by atoms with Crippen LogP contribution in [0.2, 0.25) is 0 Å². The Balaban J connectivity index is 2.01. The zero-order valence-corrected chi connectivity index (χ0v) is 11.9. The van der Waals surface area contributed by atoms with E-state index in [2.05, 4.69) is 22.1 Å². The van der Waals surface area contributed by atoms with Gasteiger partial charge >= 0.3 is 0 Å². The maximum Gasteiger partial charge on any atom is 0.254 e. The highest BCUT2D eigenvalue weighted by Gasteiger charge is 2.11. The first-order chi connectivity index (χ1) is 10.2. The number of hydrogen-bond donors (Lipinski definition) is 2. The number of thiophene rings is 1. The number of amides is 1. The van der Waals surface area contributed by atoms with Gasteiger partial charge in [-0.1, -0.05) is 11.8 Å². The molecule has 2 rings (SSSR count). The Bertz CT molecular complexity index is 688. The Morgan fingerprint density at radius 1 is 1.48 bits per heavy atom. The number of hydrogen-bond acceptors (Lipinski definition) is 4. The number of nitrogens with zero attached hydrogens (tertiary/aromatic N) is 1. The molecule has 0 unspecified atom stereocenters. The molecule has 4 nitrogen and oxygen atoms in total.